The number of carbonyl (C=O) groups is 2. The van der Waals surface area contributed by atoms with Crippen LogP contribution in [0.2, 0.25) is 0 Å². The lowest BCUT2D eigenvalue weighted by Gasteiger charge is -2.27. The molecular weight excluding hydrogens is 442 g/mol. The van der Waals surface area contributed by atoms with Crippen LogP contribution in [0.1, 0.15) is 61.4 Å². The first-order valence-corrected chi connectivity index (χ1v) is 12.6. The molecule has 0 bridgehead atoms. The number of hydrogen-bond donors (Lipinski definition) is 3. The fraction of sp³-hybridized carbons (Fsp3) is 0.500. The molecule has 0 unspecified atom stereocenters. The van der Waals surface area contributed by atoms with Crippen molar-refractivity contribution >= 4 is 17.5 Å². The molecule has 3 N–H and O–H groups in total. The molecule has 0 aliphatic heterocycles. The molecule has 9 heteroatoms. The second-order valence-corrected chi connectivity index (χ2v) is 9.67. The Hall–Kier alpha value is -3.49. The summed E-state index contributed by atoms with van der Waals surface area (Å²) >= 11 is 0. The normalized spacial score (nSPS) is 16.3. The second-order valence-electron chi connectivity index (χ2n) is 9.67. The van der Waals surface area contributed by atoms with Crippen molar-refractivity contribution in [1.29, 1.82) is 0 Å². The molecular formula is C26H33N7O2. The van der Waals surface area contributed by atoms with Crippen LogP contribution in [0.4, 0.5) is 5.69 Å². The molecule has 0 spiro atoms. The molecule has 0 saturated heterocycles. The first-order chi connectivity index (χ1) is 17.0. The molecule has 2 aliphatic rings. The molecule has 0 aromatic carbocycles. The summed E-state index contributed by atoms with van der Waals surface area (Å²) in [5, 5.41) is 17.7. The fourth-order valence-electron chi connectivity index (χ4n) is 5.13. The van der Waals surface area contributed by atoms with Crippen LogP contribution >= 0.6 is 0 Å². The van der Waals surface area contributed by atoms with E-state index in [2.05, 4.69) is 37.8 Å². The molecule has 3 aromatic rings. The molecule has 3 heterocycles. The van der Waals surface area contributed by atoms with E-state index < -0.39 is 6.04 Å². The first kappa shape index (κ1) is 23.3. The zero-order valence-corrected chi connectivity index (χ0v) is 20.5. The first-order valence-electron chi connectivity index (χ1n) is 12.6. The van der Waals surface area contributed by atoms with Gasteiger partial charge < -0.3 is 10.6 Å². The minimum atomic E-state index is -0.592. The number of aryl methyl sites for hydroxylation is 3. The number of nitrogens with one attached hydrogen (secondary N) is 3. The standard InChI is InChI=1S/C26H33N7O2/c1-4-19-22(15(3)31-32-19)20-11-10-18(14-27-20)29-26(35)24(23(16-6-7-16)17-8-9-17)30-25(34)21-12-13-28-33(21)5-2/h10-14,16-17,23-24H,4-9H2,1-3H3,(H,29,35)(H,30,34)(H,31,32)/t24-/m0/s1. The van der Waals surface area contributed by atoms with E-state index in [9.17, 15) is 9.59 Å². The second kappa shape index (κ2) is 9.64. The predicted octanol–water partition coefficient (Wildman–Crippen LogP) is 3.73. The molecule has 3 aromatic heterocycles. The van der Waals surface area contributed by atoms with Crippen molar-refractivity contribution in [1.82, 2.24) is 30.3 Å². The Balaban J connectivity index is 1.35. The van der Waals surface area contributed by atoms with Crippen molar-refractivity contribution in [3.05, 3.63) is 47.7 Å². The van der Waals surface area contributed by atoms with Crippen molar-refractivity contribution in [2.75, 3.05) is 5.32 Å². The molecule has 0 radical (unpaired) electrons. The molecule has 9 nitrogen and oxygen atoms in total. The Kier molecular flexibility index (Phi) is 6.40. The van der Waals surface area contributed by atoms with Crippen LogP contribution in [-0.4, -0.2) is 42.8 Å². The fourth-order valence-corrected chi connectivity index (χ4v) is 5.13. The van der Waals surface area contributed by atoms with E-state index in [4.69, 9.17) is 0 Å². The van der Waals surface area contributed by atoms with Crippen LogP contribution < -0.4 is 10.6 Å². The zero-order chi connectivity index (χ0) is 24.5. The highest BCUT2D eigenvalue weighted by Gasteiger charge is 2.48. The number of aromatic nitrogens is 5. The number of anilines is 1. The lowest BCUT2D eigenvalue weighted by Crippen LogP contribution is -2.50. The monoisotopic (exact) mass is 475 g/mol. The predicted molar refractivity (Wildman–Crippen MR) is 133 cm³/mol. The molecule has 2 fully saturated rings. The van der Waals surface area contributed by atoms with E-state index in [1.807, 2.05) is 26.0 Å². The van der Waals surface area contributed by atoms with Crippen molar-refractivity contribution in [3.8, 4) is 11.3 Å². The van der Waals surface area contributed by atoms with Crippen LogP contribution in [0.3, 0.4) is 0 Å². The van der Waals surface area contributed by atoms with Crippen molar-refractivity contribution in [3.63, 3.8) is 0 Å². The van der Waals surface area contributed by atoms with E-state index in [1.165, 1.54) is 0 Å². The maximum Gasteiger partial charge on any atom is 0.270 e. The number of carbonyl (C=O) groups excluding carboxylic acids is 2. The van der Waals surface area contributed by atoms with Gasteiger partial charge in [0.15, 0.2) is 0 Å². The maximum atomic E-state index is 13.6. The lowest BCUT2D eigenvalue weighted by atomic mass is 9.88. The van der Waals surface area contributed by atoms with Crippen molar-refractivity contribution in [2.45, 2.75) is 65.5 Å². The highest BCUT2D eigenvalue weighted by atomic mass is 16.2. The third kappa shape index (κ3) is 4.85. The Morgan fingerprint density at radius 2 is 1.89 bits per heavy atom. The summed E-state index contributed by atoms with van der Waals surface area (Å²) in [6.07, 6.45) is 8.60. The summed E-state index contributed by atoms with van der Waals surface area (Å²) in [6.45, 7) is 6.56. The number of hydrogen-bond acceptors (Lipinski definition) is 5. The van der Waals surface area contributed by atoms with Crippen LogP contribution in [0, 0.1) is 24.7 Å². The number of H-pyrrole nitrogens is 1. The SMILES string of the molecule is CCc1[nH]nc(C)c1-c1ccc(NC(=O)[C@@H](NC(=O)c2ccnn2CC)C(C2CC2)C2CC2)cn1. The topological polar surface area (TPSA) is 118 Å². The summed E-state index contributed by atoms with van der Waals surface area (Å²) < 4.78 is 1.65. The molecule has 2 aliphatic carbocycles. The third-order valence-electron chi connectivity index (χ3n) is 7.20. The van der Waals surface area contributed by atoms with Gasteiger partial charge in [0.1, 0.15) is 11.7 Å². The molecule has 2 saturated carbocycles. The lowest BCUT2D eigenvalue weighted by molar-refractivity contribution is -0.119. The van der Waals surface area contributed by atoms with Gasteiger partial charge in [0.25, 0.3) is 5.91 Å². The van der Waals surface area contributed by atoms with Gasteiger partial charge in [0, 0.05) is 24.0 Å². The number of pyridine rings is 1. The Bertz CT molecular complexity index is 1190. The van der Waals surface area contributed by atoms with Gasteiger partial charge in [-0.15, -0.1) is 0 Å². The molecule has 5 rings (SSSR count). The van der Waals surface area contributed by atoms with Gasteiger partial charge in [-0.1, -0.05) is 6.92 Å². The van der Waals surface area contributed by atoms with E-state index >= 15 is 0 Å². The van der Waals surface area contributed by atoms with Crippen molar-refractivity contribution < 1.29 is 9.59 Å². The smallest absolute Gasteiger partial charge is 0.270 e. The van der Waals surface area contributed by atoms with Gasteiger partial charge in [0.05, 0.1) is 23.3 Å². The number of rotatable bonds is 10. The average molecular weight is 476 g/mol. The molecule has 2 amide bonds. The van der Waals surface area contributed by atoms with Crippen LogP contribution in [0.15, 0.2) is 30.6 Å². The Labute approximate surface area is 205 Å². The van der Waals surface area contributed by atoms with Crippen LogP contribution in [-0.2, 0) is 17.8 Å². The summed E-state index contributed by atoms with van der Waals surface area (Å²) in [5.74, 6) is 0.697. The Morgan fingerprint density at radius 1 is 1.14 bits per heavy atom. The third-order valence-corrected chi connectivity index (χ3v) is 7.20. The number of amides is 2. The highest BCUT2D eigenvalue weighted by Crippen LogP contribution is 2.51. The largest absolute Gasteiger partial charge is 0.339 e. The minimum absolute atomic E-state index is 0.157. The highest BCUT2D eigenvalue weighted by molar-refractivity contribution is 6.00. The molecule has 184 valence electrons. The number of aromatic amines is 1. The van der Waals surface area contributed by atoms with E-state index in [1.54, 1.807) is 23.1 Å². The summed E-state index contributed by atoms with van der Waals surface area (Å²) in [7, 11) is 0. The van der Waals surface area contributed by atoms with Gasteiger partial charge in [-0.2, -0.15) is 10.2 Å². The summed E-state index contributed by atoms with van der Waals surface area (Å²) in [4.78, 5) is 31.3. The van der Waals surface area contributed by atoms with Gasteiger partial charge in [-0.25, -0.2) is 0 Å². The van der Waals surface area contributed by atoms with Crippen molar-refractivity contribution in [2.24, 2.45) is 17.8 Å². The van der Waals surface area contributed by atoms with Gasteiger partial charge in [-0.05, 0) is 81.9 Å². The minimum Gasteiger partial charge on any atom is -0.339 e. The summed E-state index contributed by atoms with van der Waals surface area (Å²) in [5.41, 5.74) is 4.85. The van der Waals surface area contributed by atoms with Gasteiger partial charge >= 0.3 is 0 Å². The maximum absolute atomic E-state index is 13.6. The van der Waals surface area contributed by atoms with E-state index in [0.29, 0.717) is 29.8 Å². The van der Waals surface area contributed by atoms with Crippen LogP contribution in [0.25, 0.3) is 11.3 Å². The summed E-state index contributed by atoms with van der Waals surface area (Å²) in [6, 6.07) is 4.87. The average Bonchev–Trinajstić information content (AvgIpc) is 3.79. The van der Waals surface area contributed by atoms with Gasteiger partial charge in [-0.3, -0.25) is 24.4 Å². The van der Waals surface area contributed by atoms with E-state index in [0.717, 1.165) is 54.7 Å². The van der Waals surface area contributed by atoms with E-state index in [-0.39, 0.29) is 17.7 Å². The molecule has 35 heavy (non-hydrogen) atoms. The zero-order valence-electron chi connectivity index (χ0n) is 20.5. The molecule has 1 atom stereocenters. The van der Waals surface area contributed by atoms with Crippen LogP contribution in [0.5, 0.6) is 0 Å². The van der Waals surface area contributed by atoms with Gasteiger partial charge in [0.2, 0.25) is 5.91 Å². The Morgan fingerprint density at radius 3 is 2.49 bits per heavy atom. The quantitative estimate of drug-likeness (QED) is 0.413. The number of nitrogens with zero attached hydrogens (tertiary/aromatic N) is 4.